The number of benzene rings is 2. The molecule has 1 amide bonds. The minimum absolute atomic E-state index is 0.0744. The van der Waals surface area contributed by atoms with Crippen LogP contribution in [0.2, 0.25) is 0 Å². The predicted molar refractivity (Wildman–Crippen MR) is 96.5 cm³/mol. The summed E-state index contributed by atoms with van der Waals surface area (Å²) in [5.74, 6) is 0.627. The number of anilines is 1. The van der Waals surface area contributed by atoms with Gasteiger partial charge in [-0.05, 0) is 47.9 Å². The minimum Gasteiger partial charge on any atom is -0.497 e. The van der Waals surface area contributed by atoms with Gasteiger partial charge in [-0.25, -0.2) is 13.1 Å². The first kappa shape index (κ1) is 17.4. The van der Waals surface area contributed by atoms with E-state index in [0.717, 1.165) is 29.5 Å². The highest BCUT2D eigenvalue weighted by Gasteiger charge is 2.25. The van der Waals surface area contributed by atoms with Crippen molar-refractivity contribution < 1.29 is 17.9 Å². The minimum atomic E-state index is -3.26. The van der Waals surface area contributed by atoms with Gasteiger partial charge in [0.15, 0.2) is 0 Å². The molecule has 1 N–H and O–H groups in total. The number of amides is 1. The lowest BCUT2D eigenvalue weighted by Crippen LogP contribution is -2.29. The Labute approximate surface area is 147 Å². The summed E-state index contributed by atoms with van der Waals surface area (Å²) in [5, 5.41) is 0. The summed E-state index contributed by atoms with van der Waals surface area (Å²) in [5.41, 5.74) is 3.34. The first-order valence-electron chi connectivity index (χ1n) is 7.90. The number of hydrogen-bond acceptors (Lipinski definition) is 4. The average Bonchev–Trinajstić information content (AvgIpc) is 3.02. The molecule has 1 heterocycles. The molecule has 2 aromatic carbocycles. The maximum absolute atomic E-state index is 12.8. The number of sulfonamides is 1. The standard InChI is InChI=1S/C18H20N2O4S/c1-24-16-7-5-15(6-8-16)18(21)20-10-9-14-4-3-13(11-17(14)20)12-19-25(2,22)23/h3-8,11,19H,9-10,12H2,1-2H3. The highest BCUT2D eigenvalue weighted by molar-refractivity contribution is 7.88. The van der Waals surface area contributed by atoms with E-state index >= 15 is 0 Å². The van der Waals surface area contributed by atoms with Gasteiger partial charge in [-0.2, -0.15) is 0 Å². The number of nitrogens with zero attached hydrogens (tertiary/aromatic N) is 1. The molecule has 2 aromatic rings. The predicted octanol–water partition coefficient (Wildman–Crippen LogP) is 1.95. The molecule has 0 saturated carbocycles. The molecule has 0 bridgehead atoms. The molecule has 6 nitrogen and oxygen atoms in total. The zero-order valence-corrected chi connectivity index (χ0v) is 15.0. The maximum Gasteiger partial charge on any atom is 0.258 e. The third-order valence-electron chi connectivity index (χ3n) is 4.17. The van der Waals surface area contributed by atoms with Gasteiger partial charge in [0.1, 0.15) is 5.75 Å². The van der Waals surface area contributed by atoms with Gasteiger partial charge in [0.2, 0.25) is 10.0 Å². The average molecular weight is 360 g/mol. The van der Waals surface area contributed by atoms with E-state index in [1.54, 1.807) is 36.3 Å². The van der Waals surface area contributed by atoms with Gasteiger partial charge in [-0.15, -0.1) is 0 Å². The van der Waals surface area contributed by atoms with E-state index in [-0.39, 0.29) is 12.5 Å². The van der Waals surface area contributed by atoms with Crippen molar-refractivity contribution in [2.45, 2.75) is 13.0 Å². The normalized spacial score (nSPS) is 13.6. The lowest BCUT2D eigenvalue weighted by atomic mass is 10.1. The fraction of sp³-hybridized carbons (Fsp3) is 0.278. The maximum atomic E-state index is 12.8. The second kappa shape index (κ2) is 6.85. The van der Waals surface area contributed by atoms with Crippen LogP contribution in [0.4, 0.5) is 5.69 Å². The van der Waals surface area contributed by atoms with Gasteiger partial charge in [-0.1, -0.05) is 12.1 Å². The lowest BCUT2D eigenvalue weighted by Gasteiger charge is -2.18. The quantitative estimate of drug-likeness (QED) is 0.884. The van der Waals surface area contributed by atoms with Crippen LogP contribution in [0, 0.1) is 0 Å². The van der Waals surface area contributed by atoms with Crippen LogP contribution in [0.25, 0.3) is 0 Å². The van der Waals surface area contributed by atoms with Gasteiger partial charge < -0.3 is 9.64 Å². The molecule has 0 aromatic heterocycles. The largest absolute Gasteiger partial charge is 0.497 e. The molecule has 0 unspecified atom stereocenters. The van der Waals surface area contributed by atoms with Crippen molar-refractivity contribution in [1.82, 2.24) is 4.72 Å². The summed E-state index contributed by atoms with van der Waals surface area (Å²) in [4.78, 5) is 14.5. The number of carbonyl (C=O) groups is 1. The fourth-order valence-corrected chi connectivity index (χ4v) is 3.28. The van der Waals surface area contributed by atoms with E-state index in [2.05, 4.69) is 4.72 Å². The SMILES string of the molecule is COc1ccc(C(=O)N2CCc3ccc(CNS(C)(=O)=O)cc32)cc1. The fourth-order valence-electron chi connectivity index (χ4n) is 2.85. The van der Waals surface area contributed by atoms with Crippen LogP contribution in [0.15, 0.2) is 42.5 Å². The number of fused-ring (bicyclic) bond motifs is 1. The zero-order chi connectivity index (χ0) is 18.0. The Bertz CT molecular complexity index is 892. The van der Waals surface area contributed by atoms with Crippen molar-refractivity contribution in [3.8, 4) is 5.75 Å². The highest BCUT2D eigenvalue weighted by atomic mass is 32.2. The molecular weight excluding hydrogens is 340 g/mol. The highest BCUT2D eigenvalue weighted by Crippen LogP contribution is 2.30. The van der Waals surface area contributed by atoms with E-state index in [0.29, 0.717) is 17.9 Å². The monoisotopic (exact) mass is 360 g/mol. The molecule has 0 saturated heterocycles. The summed E-state index contributed by atoms with van der Waals surface area (Å²) in [6, 6.07) is 12.7. The summed E-state index contributed by atoms with van der Waals surface area (Å²) < 4.78 is 30.1. The Morgan fingerprint density at radius 2 is 1.92 bits per heavy atom. The van der Waals surface area contributed by atoms with Gasteiger partial charge in [-0.3, -0.25) is 4.79 Å². The van der Waals surface area contributed by atoms with Crippen LogP contribution in [0.5, 0.6) is 5.75 Å². The number of rotatable bonds is 5. The van der Waals surface area contributed by atoms with Crippen molar-refractivity contribution in [1.29, 1.82) is 0 Å². The molecule has 0 aliphatic carbocycles. The molecule has 0 atom stereocenters. The Balaban J connectivity index is 1.83. The number of ether oxygens (including phenoxy) is 1. The Morgan fingerprint density at radius 1 is 1.20 bits per heavy atom. The summed E-state index contributed by atoms with van der Waals surface area (Å²) in [6.07, 6.45) is 1.91. The smallest absolute Gasteiger partial charge is 0.258 e. The molecule has 0 spiro atoms. The summed E-state index contributed by atoms with van der Waals surface area (Å²) in [6.45, 7) is 0.819. The van der Waals surface area contributed by atoms with Crippen LogP contribution in [-0.4, -0.2) is 34.2 Å². The van der Waals surface area contributed by atoms with Crippen molar-refractivity contribution >= 4 is 21.6 Å². The zero-order valence-electron chi connectivity index (χ0n) is 14.2. The first-order valence-corrected chi connectivity index (χ1v) is 9.79. The van der Waals surface area contributed by atoms with Crippen LogP contribution in [0.3, 0.4) is 0 Å². The molecule has 132 valence electrons. The van der Waals surface area contributed by atoms with Gasteiger partial charge in [0.05, 0.1) is 13.4 Å². The van der Waals surface area contributed by atoms with Gasteiger partial charge in [0, 0.05) is 24.3 Å². The molecule has 3 rings (SSSR count). The third kappa shape index (κ3) is 4.00. The van der Waals surface area contributed by atoms with Crippen LogP contribution < -0.4 is 14.4 Å². The second-order valence-electron chi connectivity index (χ2n) is 5.99. The molecular formula is C18H20N2O4S. The molecule has 0 radical (unpaired) electrons. The Kier molecular flexibility index (Phi) is 4.78. The summed E-state index contributed by atoms with van der Waals surface area (Å²) >= 11 is 0. The third-order valence-corrected chi connectivity index (χ3v) is 4.83. The number of carbonyl (C=O) groups excluding carboxylic acids is 1. The van der Waals surface area contributed by atoms with Crippen molar-refractivity contribution in [2.24, 2.45) is 0 Å². The Hall–Kier alpha value is -2.38. The van der Waals surface area contributed by atoms with Gasteiger partial charge >= 0.3 is 0 Å². The van der Waals surface area contributed by atoms with Gasteiger partial charge in [0.25, 0.3) is 5.91 Å². The van der Waals surface area contributed by atoms with Crippen LogP contribution in [-0.2, 0) is 23.0 Å². The lowest BCUT2D eigenvalue weighted by molar-refractivity contribution is 0.0989. The van der Waals surface area contributed by atoms with Crippen molar-refractivity contribution in [2.75, 3.05) is 24.8 Å². The molecule has 25 heavy (non-hydrogen) atoms. The molecule has 0 fully saturated rings. The first-order chi connectivity index (χ1) is 11.9. The van der Waals surface area contributed by atoms with E-state index in [4.69, 9.17) is 4.74 Å². The van der Waals surface area contributed by atoms with E-state index in [9.17, 15) is 13.2 Å². The van der Waals surface area contributed by atoms with Crippen LogP contribution in [0.1, 0.15) is 21.5 Å². The van der Waals surface area contributed by atoms with Crippen molar-refractivity contribution in [3.63, 3.8) is 0 Å². The topological polar surface area (TPSA) is 75.7 Å². The summed E-state index contributed by atoms with van der Waals surface area (Å²) in [7, 11) is -1.68. The Morgan fingerprint density at radius 3 is 2.56 bits per heavy atom. The van der Waals surface area contributed by atoms with E-state index in [1.165, 1.54) is 0 Å². The molecule has 1 aliphatic rings. The number of methoxy groups -OCH3 is 1. The number of hydrogen-bond donors (Lipinski definition) is 1. The molecule has 7 heteroatoms. The molecule has 1 aliphatic heterocycles. The van der Waals surface area contributed by atoms with E-state index < -0.39 is 10.0 Å². The van der Waals surface area contributed by atoms with Crippen molar-refractivity contribution in [3.05, 3.63) is 59.2 Å². The van der Waals surface area contributed by atoms with E-state index in [1.807, 2.05) is 18.2 Å². The number of nitrogens with one attached hydrogen (secondary N) is 1. The van der Waals surface area contributed by atoms with Crippen LogP contribution >= 0.6 is 0 Å². The second-order valence-corrected chi connectivity index (χ2v) is 7.82.